The fourth-order valence-corrected chi connectivity index (χ4v) is 6.71. The van der Waals surface area contributed by atoms with Crippen molar-refractivity contribution in [2.75, 3.05) is 5.32 Å². The zero-order valence-electron chi connectivity index (χ0n) is 21.6. The summed E-state index contributed by atoms with van der Waals surface area (Å²) >= 11 is 1.55. The maximum Gasteiger partial charge on any atom is 0.237 e. The normalized spacial score (nSPS) is 17.2. The lowest BCUT2D eigenvalue weighted by molar-refractivity contribution is -0.131. The van der Waals surface area contributed by atoms with Gasteiger partial charge in [-0.2, -0.15) is 0 Å². The second kappa shape index (κ2) is 9.64. The molecule has 2 aliphatic rings. The van der Waals surface area contributed by atoms with Crippen LogP contribution in [0.1, 0.15) is 32.7 Å². The lowest BCUT2D eigenvalue weighted by Crippen LogP contribution is -2.35. The number of carbonyl (C=O) groups excluding carboxylic acids is 2. The topological polar surface area (TPSA) is 75.2 Å². The Labute approximate surface area is 234 Å². The third kappa shape index (κ3) is 4.34. The summed E-state index contributed by atoms with van der Waals surface area (Å²) in [5.41, 5.74) is 5.05. The quantitative estimate of drug-likeness (QED) is 0.300. The van der Waals surface area contributed by atoms with Gasteiger partial charge in [-0.1, -0.05) is 24.3 Å². The molecule has 2 aromatic carbocycles. The number of halogens is 1. The van der Waals surface area contributed by atoms with Crippen molar-refractivity contribution < 1.29 is 14.0 Å². The number of nitrogens with zero attached hydrogens (tertiary/aromatic N) is 3. The number of carbonyl (C=O) groups is 2. The molecule has 2 amide bonds. The highest BCUT2D eigenvalue weighted by Gasteiger charge is 2.51. The summed E-state index contributed by atoms with van der Waals surface area (Å²) in [7, 11) is 0. The maximum absolute atomic E-state index is 13.9. The lowest BCUT2D eigenvalue weighted by atomic mass is 9.79. The molecule has 3 aromatic heterocycles. The molecule has 1 N–H and O–H groups in total. The summed E-state index contributed by atoms with van der Waals surface area (Å²) in [5, 5.41) is 5.89. The SMILES string of the molecule is O=C(Cc1cccs1)N(Cc1cccc(F)c1)Cc1cnc2cc3c(cc2c1)C[C@@]1(C3)C(=O)Nc2ncccc21. The van der Waals surface area contributed by atoms with Gasteiger partial charge in [-0.3, -0.25) is 14.6 Å². The summed E-state index contributed by atoms with van der Waals surface area (Å²) in [6.07, 6.45) is 5.02. The van der Waals surface area contributed by atoms with Crippen molar-refractivity contribution in [1.29, 1.82) is 0 Å². The summed E-state index contributed by atoms with van der Waals surface area (Å²) in [6, 6.07) is 20.4. The standard InChI is InChI=1S/C32H25FN4O2S/c33-25-5-1-4-20(11-25)18-37(29(38)14-26-6-3-9-40-26)19-21-10-22-12-23-15-32(16-24(23)13-28(22)35-17-21)27-7-2-8-34-30(27)36-31(32)39/h1-13,17H,14-16,18-19H2,(H,34,36,39)/t32-/m0/s1. The highest BCUT2D eigenvalue weighted by Crippen LogP contribution is 2.47. The number of rotatable bonds is 6. The van der Waals surface area contributed by atoms with E-state index >= 15 is 0 Å². The number of fused-ring (bicyclic) bond motifs is 4. The Morgan fingerprint density at radius 1 is 0.975 bits per heavy atom. The molecular weight excluding hydrogens is 523 g/mol. The zero-order valence-corrected chi connectivity index (χ0v) is 22.4. The second-order valence-electron chi connectivity index (χ2n) is 10.6. The molecule has 0 radical (unpaired) electrons. The van der Waals surface area contributed by atoms with Crippen LogP contribution in [0.15, 0.2) is 84.5 Å². The zero-order chi connectivity index (χ0) is 27.3. The van der Waals surface area contributed by atoms with E-state index in [0.717, 1.165) is 43.6 Å². The van der Waals surface area contributed by atoms with E-state index < -0.39 is 5.41 Å². The molecule has 8 heteroatoms. The van der Waals surface area contributed by atoms with Crippen LogP contribution < -0.4 is 5.32 Å². The average Bonchev–Trinajstić information content (AvgIpc) is 3.65. The van der Waals surface area contributed by atoms with Crippen molar-refractivity contribution in [1.82, 2.24) is 14.9 Å². The van der Waals surface area contributed by atoms with Gasteiger partial charge in [-0.15, -0.1) is 11.3 Å². The molecule has 7 rings (SSSR count). The smallest absolute Gasteiger partial charge is 0.237 e. The molecule has 1 aliphatic carbocycles. The third-order valence-electron chi connectivity index (χ3n) is 7.93. The van der Waals surface area contributed by atoms with Crippen LogP contribution >= 0.6 is 11.3 Å². The van der Waals surface area contributed by atoms with Gasteiger partial charge in [0, 0.05) is 41.3 Å². The maximum atomic E-state index is 13.9. The highest BCUT2D eigenvalue weighted by atomic mass is 32.1. The molecule has 5 aromatic rings. The van der Waals surface area contributed by atoms with E-state index in [9.17, 15) is 14.0 Å². The van der Waals surface area contributed by atoms with E-state index in [0.29, 0.717) is 38.2 Å². The average molecular weight is 549 g/mol. The minimum atomic E-state index is -0.637. The molecular formula is C32H25FN4O2S. The highest BCUT2D eigenvalue weighted by molar-refractivity contribution is 7.10. The summed E-state index contributed by atoms with van der Waals surface area (Å²) < 4.78 is 13.9. The molecule has 1 aliphatic heterocycles. The number of hydrogen-bond acceptors (Lipinski definition) is 5. The van der Waals surface area contributed by atoms with E-state index in [-0.39, 0.29) is 17.6 Å². The molecule has 0 bridgehead atoms. The Hall–Kier alpha value is -4.43. The van der Waals surface area contributed by atoms with Crippen LogP contribution in [-0.2, 0) is 47.4 Å². The van der Waals surface area contributed by atoms with Crippen LogP contribution in [0.2, 0.25) is 0 Å². The third-order valence-corrected chi connectivity index (χ3v) is 8.80. The van der Waals surface area contributed by atoms with Gasteiger partial charge in [0.15, 0.2) is 0 Å². The minimum Gasteiger partial charge on any atom is -0.334 e. The van der Waals surface area contributed by atoms with Crippen molar-refractivity contribution in [2.45, 2.75) is 37.8 Å². The van der Waals surface area contributed by atoms with E-state index in [1.54, 1.807) is 34.7 Å². The molecule has 40 heavy (non-hydrogen) atoms. The molecule has 0 saturated carbocycles. The van der Waals surface area contributed by atoms with Gasteiger partial charge in [0.2, 0.25) is 11.8 Å². The molecule has 198 valence electrons. The Morgan fingerprint density at radius 2 is 1.82 bits per heavy atom. The van der Waals surface area contributed by atoms with Crippen molar-refractivity contribution in [2.24, 2.45) is 0 Å². The van der Waals surface area contributed by atoms with E-state index in [2.05, 4.69) is 28.5 Å². The van der Waals surface area contributed by atoms with Crippen LogP contribution in [-0.4, -0.2) is 26.7 Å². The van der Waals surface area contributed by atoms with Gasteiger partial charge >= 0.3 is 0 Å². The largest absolute Gasteiger partial charge is 0.334 e. The van der Waals surface area contributed by atoms with Gasteiger partial charge in [0.1, 0.15) is 11.6 Å². The summed E-state index contributed by atoms with van der Waals surface area (Å²) in [6.45, 7) is 0.654. The molecule has 1 spiro atoms. The number of benzene rings is 2. The molecule has 4 heterocycles. The number of thiophene rings is 1. The number of amides is 2. The predicted molar refractivity (Wildman–Crippen MR) is 152 cm³/mol. The Balaban J connectivity index is 1.18. The van der Waals surface area contributed by atoms with Crippen molar-refractivity contribution in [3.63, 3.8) is 0 Å². The molecule has 0 fully saturated rings. The first-order valence-electron chi connectivity index (χ1n) is 13.2. The first kappa shape index (κ1) is 24.6. The van der Waals surface area contributed by atoms with Crippen LogP contribution in [0, 0.1) is 5.82 Å². The van der Waals surface area contributed by atoms with Gasteiger partial charge in [-0.05, 0) is 82.9 Å². The summed E-state index contributed by atoms with van der Waals surface area (Å²) in [5.74, 6) is 0.293. The fourth-order valence-electron chi connectivity index (χ4n) is 6.01. The molecule has 0 saturated heterocycles. The van der Waals surface area contributed by atoms with Gasteiger partial charge in [0.05, 0.1) is 17.4 Å². The Morgan fingerprint density at radius 3 is 2.65 bits per heavy atom. The van der Waals surface area contributed by atoms with Crippen molar-refractivity contribution in [3.05, 3.63) is 123 Å². The minimum absolute atomic E-state index is 0.00709. The Kier molecular flexibility index (Phi) is 5.93. The number of aromatic nitrogens is 2. The van der Waals surface area contributed by atoms with E-state index in [1.165, 1.54) is 12.1 Å². The number of pyridine rings is 2. The summed E-state index contributed by atoms with van der Waals surface area (Å²) in [4.78, 5) is 38.3. The van der Waals surface area contributed by atoms with Gasteiger partial charge in [0.25, 0.3) is 0 Å². The lowest BCUT2D eigenvalue weighted by Gasteiger charge is -2.23. The van der Waals surface area contributed by atoms with E-state index in [1.807, 2.05) is 35.7 Å². The van der Waals surface area contributed by atoms with Crippen LogP contribution in [0.3, 0.4) is 0 Å². The predicted octanol–water partition coefficient (Wildman–Crippen LogP) is 5.59. The first-order valence-corrected chi connectivity index (χ1v) is 14.1. The second-order valence-corrected chi connectivity index (χ2v) is 11.6. The van der Waals surface area contributed by atoms with Crippen LogP contribution in [0.4, 0.5) is 10.2 Å². The first-order chi connectivity index (χ1) is 19.5. The monoisotopic (exact) mass is 548 g/mol. The number of nitrogens with one attached hydrogen (secondary N) is 1. The van der Waals surface area contributed by atoms with Crippen LogP contribution in [0.5, 0.6) is 0 Å². The Bertz CT molecular complexity index is 1790. The number of anilines is 1. The van der Waals surface area contributed by atoms with E-state index in [4.69, 9.17) is 4.98 Å². The molecule has 0 unspecified atom stereocenters. The number of hydrogen-bond donors (Lipinski definition) is 1. The van der Waals surface area contributed by atoms with Crippen molar-refractivity contribution in [3.8, 4) is 0 Å². The van der Waals surface area contributed by atoms with Crippen LogP contribution in [0.25, 0.3) is 10.9 Å². The van der Waals surface area contributed by atoms with Crippen molar-refractivity contribution >= 4 is 39.9 Å². The molecule has 1 atom stereocenters. The molecule has 6 nitrogen and oxygen atoms in total. The van der Waals surface area contributed by atoms with Gasteiger partial charge in [-0.25, -0.2) is 9.37 Å². The van der Waals surface area contributed by atoms with Gasteiger partial charge < -0.3 is 10.2 Å². The fraction of sp³-hybridized carbons (Fsp3) is 0.188.